The van der Waals surface area contributed by atoms with Crippen LogP contribution in [-0.2, 0) is 0 Å². The molecule has 0 spiro atoms. The Balaban J connectivity index is 2.71. The Bertz CT molecular complexity index is 177. The zero-order valence-corrected chi connectivity index (χ0v) is 8.26. The number of hydrogen-bond donors (Lipinski definition) is 2. The molecule has 0 aromatic rings. The standard InChI is InChI=1S/C11H20N2/c1-3-7-11(8-4-2)10(12)6-5-9-13-11/h3-4,10,13H,1-2,5-9,12H2. The second-order valence-corrected chi connectivity index (χ2v) is 3.82. The SMILES string of the molecule is C=CCC1(CC=C)NCCCC1N. The van der Waals surface area contributed by atoms with Crippen molar-refractivity contribution in [2.75, 3.05) is 6.54 Å². The maximum absolute atomic E-state index is 6.13. The van der Waals surface area contributed by atoms with Crippen molar-refractivity contribution in [1.29, 1.82) is 0 Å². The minimum atomic E-state index is 0.0295. The van der Waals surface area contributed by atoms with E-state index in [9.17, 15) is 0 Å². The zero-order valence-electron chi connectivity index (χ0n) is 8.26. The van der Waals surface area contributed by atoms with Crippen LogP contribution < -0.4 is 11.1 Å². The topological polar surface area (TPSA) is 38.0 Å². The van der Waals surface area contributed by atoms with Gasteiger partial charge in [-0.2, -0.15) is 0 Å². The summed E-state index contributed by atoms with van der Waals surface area (Å²) < 4.78 is 0. The Morgan fingerprint density at radius 3 is 2.46 bits per heavy atom. The van der Waals surface area contributed by atoms with Crippen molar-refractivity contribution in [3.05, 3.63) is 25.3 Å². The van der Waals surface area contributed by atoms with Gasteiger partial charge >= 0.3 is 0 Å². The molecule has 3 N–H and O–H groups in total. The Morgan fingerprint density at radius 2 is 2.00 bits per heavy atom. The Kier molecular flexibility index (Phi) is 3.70. The summed E-state index contributed by atoms with van der Waals surface area (Å²) in [6, 6.07) is 0.234. The van der Waals surface area contributed by atoms with E-state index in [4.69, 9.17) is 5.73 Å². The highest BCUT2D eigenvalue weighted by Crippen LogP contribution is 2.26. The third kappa shape index (κ3) is 2.20. The highest BCUT2D eigenvalue weighted by Gasteiger charge is 2.35. The van der Waals surface area contributed by atoms with Crippen LogP contribution >= 0.6 is 0 Å². The normalized spacial score (nSPS) is 26.7. The van der Waals surface area contributed by atoms with Gasteiger partial charge < -0.3 is 11.1 Å². The van der Waals surface area contributed by atoms with E-state index in [1.165, 1.54) is 6.42 Å². The Morgan fingerprint density at radius 1 is 1.38 bits per heavy atom. The van der Waals surface area contributed by atoms with Crippen LogP contribution in [0.5, 0.6) is 0 Å². The first-order chi connectivity index (χ1) is 6.25. The van der Waals surface area contributed by atoms with E-state index in [1.807, 2.05) is 12.2 Å². The molecule has 0 radical (unpaired) electrons. The second kappa shape index (κ2) is 4.58. The van der Waals surface area contributed by atoms with Crippen LogP contribution in [0, 0.1) is 0 Å². The van der Waals surface area contributed by atoms with Crippen LogP contribution in [0.25, 0.3) is 0 Å². The number of rotatable bonds is 4. The van der Waals surface area contributed by atoms with Gasteiger partial charge in [0.15, 0.2) is 0 Å². The van der Waals surface area contributed by atoms with Crippen molar-refractivity contribution in [1.82, 2.24) is 5.32 Å². The molecule has 2 heteroatoms. The lowest BCUT2D eigenvalue weighted by Gasteiger charge is -2.42. The summed E-state index contributed by atoms with van der Waals surface area (Å²) in [6.45, 7) is 8.64. The quantitative estimate of drug-likeness (QED) is 0.645. The van der Waals surface area contributed by atoms with Gasteiger partial charge in [-0.25, -0.2) is 0 Å². The largest absolute Gasteiger partial charge is 0.326 e. The van der Waals surface area contributed by atoms with E-state index < -0.39 is 0 Å². The van der Waals surface area contributed by atoms with Gasteiger partial charge in [0.05, 0.1) is 0 Å². The van der Waals surface area contributed by atoms with Gasteiger partial charge in [0.1, 0.15) is 0 Å². The van der Waals surface area contributed by atoms with Gasteiger partial charge in [0, 0.05) is 11.6 Å². The van der Waals surface area contributed by atoms with Gasteiger partial charge in [-0.3, -0.25) is 0 Å². The van der Waals surface area contributed by atoms with Crippen molar-refractivity contribution < 1.29 is 0 Å². The van der Waals surface area contributed by atoms with Crippen LogP contribution in [0.15, 0.2) is 25.3 Å². The van der Waals surface area contributed by atoms with Crippen LogP contribution in [0.2, 0.25) is 0 Å². The third-order valence-corrected chi connectivity index (χ3v) is 2.90. The van der Waals surface area contributed by atoms with E-state index in [1.54, 1.807) is 0 Å². The van der Waals surface area contributed by atoms with Crippen molar-refractivity contribution >= 4 is 0 Å². The summed E-state index contributed by atoms with van der Waals surface area (Å²) >= 11 is 0. The van der Waals surface area contributed by atoms with Crippen molar-refractivity contribution in [3.63, 3.8) is 0 Å². The summed E-state index contributed by atoms with van der Waals surface area (Å²) in [6.07, 6.45) is 8.04. The van der Waals surface area contributed by atoms with E-state index in [0.717, 1.165) is 25.8 Å². The fraction of sp³-hybridized carbons (Fsp3) is 0.636. The molecule has 13 heavy (non-hydrogen) atoms. The third-order valence-electron chi connectivity index (χ3n) is 2.90. The molecule has 1 fully saturated rings. The molecule has 0 bridgehead atoms. The number of nitrogens with one attached hydrogen (secondary N) is 1. The van der Waals surface area contributed by atoms with Crippen molar-refractivity contribution in [2.24, 2.45) is 5.73 Å². The van der Waals surface area contributed by atoms with Crippen LogP contribution in [0.4, 0.5) is 0 Å². The highest BCUT2D eigenvalue weighted by molar-refractivity contribution is 5.06. The highest BCUT2D eigenvalue weighted by atomic mass is 15.0. The van der Waals surface area contributed by atoms with E-state index >= 15 is 0 Å². The predicted octanol–water partition coefficient (Wildman–Crippen LogP) is 1.59. The lowest BCUT2D eigenvalue weighted by atomic mass is 9.79. The fourth-order valence-electron chi connectivity index (χ4n) is 2.11. The lowest BCUT2D eigenvalue weighted by Crippen LogP contribution is -2.60. The molecule has 0 aromatic carbocycles. The monoisotopic (exact) mass is 180 g/mol. The number of piperidine rings is 1. The molecule has 1 saturated heterocycles. The molecule has 1 aliphatic heterocycles. The molecule has 1 atom stereocenters. The maximum Gasteiger partial charge on any atom is 0.0402 e. The number of hydrogen-bond acceptors (Lipinski definition) is 2. The fourth-order valence-corrected chi connectivity index (χ4v) is 2.11. The zero-order chi connectivity index (χ0) is 9.73. The first-order valence-electron chi connectivity index (χ1n) is 4.97. The lowest BCUT2D eigenvalue weighted by molar-refractivity contribution is 0.219. The first-order valence-corrected chi connectivity index (χ1v) is 4.97. The van der Waals surface area contributed by atoms with Crippen LogP contribution in [0.3, 0.4) is 0 Å². The second-order valence-electron chi connectivity index (χ2n) is 3.82. The molecular weight excluding hydrogens is 160 g/mol. The van der Waals surface area contributed by atoms with Crippen molar-refractivity contribution in [2.45, 2.75) is 37.3 Å². The Labute approximate surface area is 80.9 Å². The maximum atomic E-state index is 6.13. The summed E-state index contributed by atoms with van der Waals surface area (Å²) in [7, 11) is 0. The minimum absolute atomic E-state index is 0.0295. The molecule has 0 aliphatic carbocycles. The van der Waals surface area contributed by atoms with Gasteiger partial charge in [-0.15, -0.1) is 13.2 Å². The Hall–Kier alpha value is -0.600. The smallest absolute Gasteiger partial charge is 0.0402 e. The summed E-state index contributed by atoms with van der Waals surface area (Å²) in [5, 5.41) is 3.52. The average molecular weight is 180 g/mol. The predicted molar refractivity (Wildman–Crippen MR) is 57.6 cm³/mol. The van der Waals surface area contributed by atoms with Crippen molar-refractivity contribution in [3.8, 4) is 0 Å². The first kappa shape index (κ1) is 10.5. The van der Waals surface area contributed by atoms with Gasteiger partial charge in [-0.05, 0) is 32.2 Å². The molecule has 1 unspecified atom stereocenters. The van der Waals surface area contributed by atoms with Gasteiger partial charge in [0.25, 0.3) is 0 Å². The van der Waals surface area contributed by atoms with E-state index in [2.05, 4.69) is 18.5 Å². The summed E-state index contributed by atoms with van der Waals surface area (Å²) in [4.78, 5) is 0. The summed E-state index contributed by atoms with van der Waals surface area (Å²) in [5.41, 5.74) is 6.16. The number of nitrogens with two attached hydrogens (primary N) is 1. The molecule has 74 valence electrons. The minimum Gasteiger partial charge on any atom is -0.326 e. The van der Waals surface area contributed by atoms with Gasteiger partial charge in [-0.1, -0.05) is 12.2 Å². The van der Waals surface area contributed by atoms with Crippen LogP contribution in [0.1, 0.15) is 25.7 Å². The summed E-state index contributed by atoms with van der Waals surface area (Å²) in [5.74, 6) is 0. The molecule has 1 rings (SSSR count). The molecule has 1 aliphatic rings. The van der Waals surface area contributed by atoms with E-state index in [-0.39, 0.29) is 11.6 Å². The van der Waals surface area contributed by atoms with E-state index in [0.29, 0.717) is 0 Å². The average Bonchev–Trinajstić information content (AvgIpc) is 2.11. The molecule has 1 heterocycles. The van der Waals surface area contributed by atoms with Gasteiger partial charge in [0.2, 0.25) is 0 Å². The molecule has 0 aromatic heterocycles. The van der Waals surface area contributed by atoms with Crippen LogP contribution in [-0.4, -0.2) is 18.1 Å². The molecular formula is C11H20N2. The molecule has 2 nitrogen and oxygen atoms in total. The molecule has 0 amide bonds. The molecule has 0 saturated carbocycles.